The second kappa shape index (κ2) is 7.66. The minimum atomic E-state index is -0.287. The number of nitrogens with zero attached hydrogens (tertiary/aromatic N) is 1. The zero-order valence-electron chi connectivity index (χ0n) is 15.3. The second-order valence-corrected chi connectivity index (χ2v) is 7.67. The molecule has 1 N–H and O–H groups in total. The maximum atomic E-state index is 12.5. The molecule has 4 aromatic rings. The third kappa shape index (κ3) is 3.48. The lowest BCUT2D eigenvalue weighted by atomic mass is 10.2. The van der Waals surface area contributed by atoms with E-state index < -0.39 is 0 Å². The lowest BCUT2D eigenvalue weighted by Crippen LogP contribution is -2.22. The Morgan fingerprint density at radius 3 is 2.86 bits per heavy atom. The molecular formula is C21H17ClN2O3S. The standard InChI is InChI=1S/C21H17ClN2O3S/c1-12-18(28-21(24-12)14-7-3-4-8-15(14)22)11-23-20(25)17-10-13-6-5-9-16(26-2)19(13)27-17/h3-10H,11H2,1-2H3,(H,23,25). The number of fused-ring (bicyclic) bond motifs is 1. The average Bonchev–Trinajstić information content (AvgIpc) is 3.30. The van der Waals surface area contributed by atoms with Gasteiger partial charge in [0.1, 0.15) is 5.01 Å². The van der Waals surface area contributed by atoms with Crippen molar-refractivity contribution in [3.05, 3.63) is 69.9 Å². The smallest absolute Gasteiger partial charge is 0.287 e. The molecule has 2 heterocycles. The van der Waals surface area contributed by atoms with Crippen LogP contribution in [0.1, 0.15) is 21.1 Å². The fourth-order valence-electron chi connectivity index (χ4n) is 2.90. The number of hydrogen-bond acceptors (Lipinski definition) is 5. The van der Waals surface area contributed by atoms with Gasteiger partial charge in [-0.3, -0.25) is 4.79 Å². The van der Waals surface area contributed by atoms with Crippen molar-refractivity contribution in [1.82, 2.24) is 10.3 Å². The predicted molar refractivity (Wildman–Crippen MR) is 111 cm³/mol. The van der Waals surface area contributed by atoms with E-state index in [9.17, 15) is 4.79 Å². The first-order valence-corrected chi connectivity index (χ1v) is 9.82. The molecule has 0 unspecified atom stereocenters. The van der Waals surface area contributed by atoms with E-state index in [0.717, 1.165) is 26.5 Å². The van der Waals surface area contributed by atoms with Crippen LogP contribution < -0.4 is 10.1 Å². The number of furan rings is 1. The number of benzene rings is 2. The molecule has 0 atom stereocenters. The zero-order chi connectivity index (χ0) is 19.7. The molecule has 0 bridgehead atoms. The molecular weight excluding hydrogens is 396 g/mol. The van der Waals surface area contributed by atoms with E-state index in [4.69, 9.17) is 20.8 Å². The number of carbonyl (C=O) groups is 1. The Labute approximate surface area is 170 Å². The number of carbonyl (C=O) groups excluding carboxylic acids is 1. The van der Waals surface area contributed by atoms with Gasteiger partial charge in [0.05, 0.1) is 24.4 Å². The first-order chi connectivity index (χ1) is 13.6. The lowest BCUT2D eigenvalue weighted by molar-refractivity contribution is 0.0925. The number of halogens is 1. The average molecular weight is 413 g/mol. The van der Waals surface area contributed by atoms with E-state index in [-0.39, 0.29) is 11.7 Å². The molecule has 5 nitrogen and oxygen atoms in total. The van der Waals surface area contributed by atoms with Gasteiger partial charge in [0.25, 0.3) is 5.91 Å². The number of para-hydroxylation sites is 1. The summed E-state index contributed by atoms with van der Waals surface area (Å²) in [4.78, 5) is 18.1. The normalized spacial score (nSPS) is 11.0. The number of nitrogens with one attached hydrogen (secondary N) is 1. The summed E-state index contributed by atoms with van der Waals surface area (Å²) in [5.74, 6) is 0.553. The Morgan fingerprint density at radius 2 is 2.07 bits per heavy atom. The van der Waals surface area contributed by atoms with Crippen LogP contribution in [0.15, 0.2) is 52.9 Å². The number of thiazole rings is 1. The zero-order valence-corrected chi connectivity index (χ0v) is 16.9. The summed E-state index contributed by atoms with van der Waals surface area (Å²) < 4.78 is 11.0. The van der Waals surface area contributed by atoms with Gasteiger partial charge in [0.15, 0.2) is 17.1 Å². The van der Waals surface area contributed by atoms with Gasteiger partial charge in [-0.1, -0.05) is 41.9 Å². The van der Waals surface area contributed by atoms with Crippen molar-refractivity contribution in [2.45, 2.75) is 13.5 Å². The van der Waals surface area contributed by atoms with Gasteiger partial charge in [-0.25, -0.2) is 4.98 Å². The van der Waals surface area contributed by atoms with Crippen molar-refractivity contribution >= 4 is 39.8 Å². The van der Waals surface area contributed by atoms with Gasteiger partial charge >= 0.3 is 0 Å². The minimum Gasteiger partial charge on any atom is -0.493 e. The Morgan fingerprint density at radius 1 is 1.25 bits per heavy atom. The molecule has 0 aliphatic rings. The summed E-state index contributed by atoms with van der Waals surface area (Å²) >= 11 is 7.78. The maximum Gasteiger partial charge on any atom is 0.287 e. The Hall–Kier alpha value is -2.83. The molecule has 2 aromatic heterocycles. The van der Waals surface area contributed by atoms with E-state index in [1.54, 1.807) is 19.2 Å². The number of rotatable bonds is 5. The van der Waals surface area contributed by atoms with Crippen molar-refractivity contribution < 1.29 is 13.9 Å². The molecule has 1 amide bonds. The van der Waals surface area contributed by atoms with Gasteiger partial charge in [-0.15, -0.1) is 11.3 Å². The topological polar surface area (TPSA) is 64.4 Å². The van der Waals surface area contributed by atoms with Gasteiger partial charge in [0.2, 0.25) is 0 Å². The monoisotopic (exact) mass is 412 g/mol. The number of aryl methyl sites for hydroxylation is 1. The molecule has 4 rings (SSSR count). The van der Waals surface area contributed by atoms with Crippen LogP contribution in [0.25, 0.3) is 21.5 Å². The SMILES string of the molecule is COc1cccc2cc(C(=O)NCc3sc(-c4ccccc4Cl)nc3C)oc12. The van der Waals surface area contributed by atoms with E-state index >= 15 is 0 Å². The van der Waals surface area contributed by atoms with Crippen molar-refractivity contribution in [3.63, 3.8) is 0 Å². The highest BCUT2D eigenvalue weighted by molar-refractivity contribution is 7.15. The fourth-order valence-corrected chi connectivity index (χ4v) is 4.22. The highest BCUT2D eigenvalue weighted by Gasteiger charge is 2.17. The highest BCUT2D eigenvalue weighted by atomic mass is 35.5. The van der Waals surface area contributed by atoms with E-state index in [0.29, 0.717) is 22.9 Å². The lowest BCUT2D eigenvalue weighted by Gasteiger charge is -2.02. The minimum absolute atomic E-state index is 0.244. The molecule has 0 radical (unpaired) electrons. The van der Waals surface area contributed by atoms with Crippen molar-refractivity contribution in [2.24, 2.45) is 0 Å². The molecule has 0 aliphatic carbocycles. The first-order valence-electron chi connectivity index (χ1n) is 8.63. The van der Waals surface area contributed by atoms with E-state index in [1.165, 1.54) is 11.3 Å². The van der Waals surface area contributed by atoms with Crippen LogP contribution in [0.5, 0.6) is 5.75 Å². The van der Waals surface area contributed by atoms with Crippen LogP contribution in [-0.2, 0) is 6.54 Å². The van der Waals surface area contributed by atoms with Gasteiger partial charge < -0.3 is 14.5 Å². The van der Waals surface area contributed by atoms with Crippen LogP contribution in [0.2, 0.25) is 5.02 Å². The Kier molecular flexibility index (Phi) is 5.07. The van der Waals surface area contributed by atoms with Crippen LogP contribution >= 0.6 is 22.9 Å². The molecule has 0 fully saturated rings. The number of ether oxygens (including phenoxy) is 1. The molecule has 7 heteroatoms. The highest BCUT2D eigenvalue weighted by Crippen LogP contribution is 2.33. The molecule has 0 saturated heterocycles. The number of aromatic nitrogens is 1. The predicted octanol–water partition coefficient (Wildman–Crippen LogP) is 5.46. The van der Waals surface area contributed by atoms with Crippen LogP contribution in [0.4, 0.5) is 0 Å². The van der Waals surface area contributed by atoms with Gasteiger partial charge in [0, 0.05) is 15.8 Å². The fraction of sp³-hybridized carbons (Fsp3) is 0.143. The summed E-state index contributed by atoms with van der Waals surface area (Å²) in [6, 6.07) is 14.8. The van der Waals surface area contributed by atoms with E-state index in [2.05, 4.69) is 10.3 Å². The van der Waals surface area contributed by atoms with Crippen LogP contribution in [0, 0.1) is 6.92 Å². The summed E-state index contributed by atoms with van der Waals surface area (Å²) in [7, 11) is 1.57. The molecule has 142 valence electrons. The Balaban J connectivity index is 1.52. The molecule has 28 heavy (non-hydrogen) atoms. The quantitative estimate of drug-likeness (QED) is 0.473. The van der Waals surface area contributed by atoms with E-state index in [1.807, 2.05) is 43.3 Å². The van der Waals surface area contributed by atoms with Crippen LogP contribution in [-0.4, -0.2) is 18.0 Å². The molecule has 2 aromatic carbocycles. The number of hydrogen-bond donors (Lipinski definition) is 1. The summed E-state index contributed by atoms with van der Waals surface area (Å²) in [6.07, 6.45) is 0. The molecule has 0 saturated carbocycles. The third-order valence-electron chi connectivity index (χ3n) is 4.36. The Bertz CT molecular complexity index is 1170. The number of amides is 1. The summed E-state index contributed by atoms with van der Waals surface area (Å²) in [5, 5.41) is 5.21. The van der Waals surface area contributed by atoms with Gasteiger partial charge in [-0.2, -0.15) is 0 Å². The third-order valence-corrected chi connectivity index (χ3v) is 5.88. The number of methoxy groups -OCH3 is 1. The van der Waals surface area contributed by atoms with Crippen molar-refractivity contribution in [3.8, 4) is 16.3 Å². The van der Waals surface area contributed by atoms with Crippen molar-refractivity contribution in [2.75, 3.05) is 7.11 Å². The van der Waals surface area contributed by atoms with Gasteiger partial charge in [-0.05, 0) is 25.1 Å². The largest absolute Gasteiger partial charge is 0.493 e. The maximum absolute atomic E-state index is 12.5. The second-order valence-electron chi connectivity index (χ2n) is 6.18. The molecule has 0 spiro atoms. The molecule has 0 aliphatic heterocycles. The van der Waals surface area contributed by atoms with Crippen molar-refractivity contribution in [1.29, 1.82) is 0 Å². The summed E-state index contributed by atoms with van der Waals surface area (Å²) in [6.45, 7) is 2.28. The summed E-state index contributed by atoms with van der Waals surface area (Å²) in [5.41, 5.74) is 2.32. The first kappa shape index (κ1) is 18.5. The van der Waals surface area contributed by atoms with Crippen LogP contribution in [0.3, 0.4) is 0 Å².